The summed E-state index contributed by atoms with van der Waals surface area (Å²) in [4.78, 5) is 28.6. The highest BCUT2D eigenvalue weighted by atomic mass is 16.5. The van der Waals surface area contributed by atoms with Gasteiger partial charge in [-0.3, -0.25) is 19.3 Å². The minimum Gasteiger partial charge on any atom is -0.456 e. The summed E-state index contributed by atoms with van der Waals surface area (Å²) < 4.78 is 8.09. The quantitative estimate of drug-likeness (QED) is 0.416. The number of carbonyl (C=O) groups excluding carboxylic acids is 2. The maximum Gasteiger partial charge on any atom is 0.248 e. The van der Waals surface area contributed by atoms with Gasteiger partial charge in [0.2, 0.25) is 11.8 Å². The lowest BCUT2D eigenvalue weighted by atomic mass is 10.0. The fourth-order valence-electron chi connectivity index (χ4n) is 3.92. The van der Waals surface area contributed by atoms with Gasteiger partial charge in [0, 0.05) is 23.3 Å². The molecule has 2 aromatic heterocycles. The number of carbonyl (C=O) groups is 2. The van der Waals surface area contributed by atoms with Gasteiger partial charge >= 0.3 is 0 Å². The molecular weight excluding hydrogens is 442 g/mol. The maximum absolute atomic E-state index is 12.6. The van der Waals surface area contributed by atoms with Gasteiger partial charge in [-0.25, -0.2) is 0 Å². The Bertz CT molecular complexity index is 1410. The van der Waals surface area contributed by atoms with Crippen molar-refractivity contribution in [1.29, 1.82) is 0 Å². The smallest absolute Gasteiger partial charge is 0.248 e. The van der Waals surface area contributed by atoms with Crippen LogP contribution in [0.2, 0.25) is 0 Å². The first-order valence-electron chi connectivity index (χ1n) is 11.3. The van der Waals surface area contributed by atoms with Crippen LogP contribution in [0.4, 0.5) is 5.69 Å². The summed E-state index contributed by atoms with van der Waals surface area (Å²) >= 11 is 0. The van der Waals surface area contributed by atoms with Crippen molar-refractivity contribution in [2.45, 2.75) is 46.6 Å². The third-order valence-corrected chi connectivity index (χ3v) is 5.64. The molecule has 0 radical (unpaired) electrons. The number of hydrogen-bond acceptors (Lipinski definition) is 5. The van der Waals surface area contributed by atoms with E-state index in [2.05, 4.69) is 15.4 Å². The maximum atomic E-state index is 12.6. The molecule has 2 aromatic carbocycles. The van der Waals surface area contributed by atoms with Gasteiger partial charge in [-0.15, -0.1) is 0 Å². The number of fused-ring (bicyclic) bond motifs is 1. The summed E-state index contributed by atoms with van der Waals surface area (Å²) in [5, 5.41) is 7.93. The Labute approximate surface area is 204 Å². The molecule has 3 N–H and O–H groups in total. The number of primary amides is 1. The third kappa shape index (κ3) is 5.32. The lowest BCUT2D eigenvalue weighted by Gasteiger charge is -2.18. The van der Waals surface area contributed by atoms with Crippen LogP contribution in [0.25, 0.3) is 10.9 Å². The number of pyridine rings is 1. The molecule has 2 heterocycles. The number of aryl methyl sites for hydroxylation is 2. The number of nitrogens with two attached hydrogens (primary N) is 1. The van der Waals surface area contributed by atoms with E-state index < -0.39 is 5.91 Å². The molecule has 0 unspecified atom stereocenters. The van der Waals surface area contributed by atoms with E-state index in [9.17, 15) is 9.59 Å². The summed E-state index contributed by atoms with van der Waals surface area (Å²) in [6.07, 6.45) is 5.36. The van der Waals surface area contributed by atoms with Gasteiger partial charge in [0.25, 0.3) is 0 Å². The first-order valence-corrected chi connectivity index (χ1v) is 11.3. The highest BCUT2D eigenvalue weighted by Gasteiger charge is 2.16. The predicted molar refractivity (Wildman–Crippen MR) is 136 cm³/mol. The van der Waals surface area contributed by atoms with E-state index in [1.807, 2.05) is 57.6 Å². The monoisotopic (exact) mass is 471 g/mol. The zero-order valence-electron chi connectivity index (χ0n) is 20.5. The summed E-state index contributed by atoms with van der Waals surface area (Å²) in [6, 6.07) is 10.7. The van der Waals surface area contributed by atoms with Crippen LogP contribution in [0, 0.1) is 13.8 Å². The van der Waals surface area contributed by atoms with Gasteiger partial charge in [0.15, 0.2) is 0 Å². The van der Waals surface area contributed by atoms with Crippen LogP contribution in [0.5, 0.6) is 11.5 Å². The van der Waals surface area contributed by atoms with E-state index in [1.165, 1.54) is 0 Å². The molecule has 0 aliphatic rings. The summed E-state index contributed by atoms with van der Waals surface area (Å²) in [5.41, 5.74) is 9.70. The Morgan fingerprint density at radius 3 is 2.43 bits per heavy atom. The molecule has 0 bridgehead atoms. The van der Waals surface area contributed by atoms with E-state index >= 15 is 0 Å². The van der Waals surface area contributed by atoms with E-state index in [0.717, 1.165) is 16.7 Å². The molecule has 0 spiro atoms. The minimum atomic E-state index is -0.512. The number of nitrogens with zero attached hydrogens (tertiary/aromatic N) is 3. The Balaban J connectivity index is 1.53. The van der Waals surface area contributed by atoms with Crippen molar-refractivity contribution in [3.8, 4) is 11.5 Å². The second-order valence-electron chi connectivity index (χ2n) is 9.64. The summed E-state index contributed by atoms with van der Waals surface area (Å²) in [5.74, 6) is 0.635. The molecule has 4 aromatic rings. The average Bonchev–Trinajstić information content (AvgIpc) is 3.25. The van der Waals surface area contributed by atoms with Crippen LogP contribution in [-0.4, -0.2) is 26.6 Å². The highest BCUT2D eigenvalue weighted by molar-refractivity contribution is 5.98. The number of rotatable bonds is 6. The zero-order chi connectivity index (χ0) is 25.3. The SMILES string of the molecule is Cc1cc(CC(=O)Nc2cnn(C(C)(C)C)c2)cc(C)c1Oc1ccnc2ccc(C(N)=O)cc12. The van der Waals surface area contributed by atoms with Crippen molar-refractivity contribution in [3.63, 3.8) is 0 Å². The second kappa shape index (κ2) is 9.21. The number of anilines is 1. The molecular formula is C27H29N5O3. The van der Waals surface area contributed by atoms with E-state index in [0.29, 0.717) is 33.7 Å². The first kappa shape index (κ1) is 23.9. The number of amides is 2. The van der Waals surface area contributed by atoms with Gasteiger partial charge in [0.1, 0.15) is 11.5 Å². The fourth-order valence-corrected chi connectivity index (χ4v) is 3.92. The molecule has 0 aliphatic carbocycles. The zero-order valence-corrected chi connectivity index (χ0v) is 20.5. The molecule has 0 fully saturated rings. The van der Waals surface area contributed by atoms with Crippen molar-refractivity contribution in [2.24, 2.45) is 5.73 Å². The Kier molecular flexibility index (Phi) is 6.30. The second-order valence-corrected chi connectivity index (χ2v) is 9.64. The normalized spacial score (nSPS) is 11.5. The van der Waals surface area contributed by atoms with Crippen LogP contribution in [-0.2, 0) is 16.8 Å². The third-order valence-electron chi connectivity index (χ3n) is 5.64. The average molecular weight is 472 g/mol. The van der Waals surface area contributed by atoms with Gasteiger partial charge in [0.05, 0.1) is 29.4 Å². The number of hydrogen-bond donors (Lipinski definition) is 2. The Hall–Kier alpha value is -4.20. The van der Waals surface area contributed by atoms with Crippen molar-refractivity contribution in [2.75, 3.05) is 5.32 Å². The fraction of sp³-hybridized carbons (Fsp3) is 0.259. The van der Waals surface area contributed by atoms with E-state index in [1.54, 1.807) is 36.7 Å². The molecule has 180 valence electrons. The molecule has 4 rings (SSSR count). The summed E-state index contributed by atoms with van der Waals surface area (Å²) in [7, 11) is 0. The number of nitrogens with one attached hydrogen (secondary N) is 1. The highest BCUT2D eigenvalue weighted by Crippen LogP contribution is 2.34. The molecule has 8 nitrogen and oxygen atoms in total. The van der Waals surface area contributed by atoms with E-state index in [-0.39, 0.29) is 17.9 Å². The van der Waals surface area contributed by atoms with Crippen LogP contribution >= 0.6 is 0 Å². The van der Waals surface area contributed by atoms with Gasteiger partial charge in [-0.2, -0.15) is 5.10 Å². The standard InChI is InChI=1S/C27H29N5O3/c1-16-10-18(12-24(33)31-20-14-30-32(15-20)27(3,4)5)11-17(2)25(16)35-23-8-9-29-22-7-6-19(26(28)34)13-21(22)23/h6-11,13-15H,12H2,1-5H3,(H2,28,34)(H,31,33). The minimum absolute atomic E-state index is 0.120. The molecule has 0 aliphatic heterocycles. The number of aromatic nitrogens is 3. The largest absolute Gasteiger partial charge is 0.456 e. The number of ether oxygens (including phenoxy) is 1. The van der Waals surface area contributed by atoms with Crippen molar-refractivity contribution in [3.05, 3.63) is 77.2 Å². The molecule has 35 heavy (non-hydrogen) atoms. The predicted octanol–water partition coefficient (Wildman–Crippen LogP) is 4.88. The van der Waals surface area contributed by atoms with Crippen molar-refractivity contribution < 1.29 is 14.3 Å². The lowest BCUT2D eigenvalue weighted by Crippen LogP contribution is -2.22. The van der Waals surface area contributed by atoms with Crippen LogP contribution < -0.4 is 15.8 Å². The van der Waals surface area contributed by atoms with E-state index in [4.69, 9.17) is 10.5 Å². The molecule has 0 saturated heterocycles. The summed E-state index contributed by atoms with van der Waals surface area (Å²) in [6.45, 7) is 10.0. The Morgan fingerprint density at radius 2 is 1.80 bits per heavy atom. The van der Waals surface area contributed by atoms with Crippen molar-refractivity contribution in [1.82, 2.24) is 14.8 Å². The van der Waals surface area contributed by atoms with Gasteiger partial charge < -0.3 is 15.8 Å². The van der Waals surface area contributed by atoms with Crippen LogP contribution in [0.15, 0.2) is 55.0 Å². The molecule has 8 heteroatoms. The first-order chi connectivity index (χ1) is 16.5. The Morgan fingerprint density at radius 1 is 1.09 bits per heavy atom. The lowest BCUT2D eigenvalue weighted by molar-refractivity contribution is -0.115. The molecule has 0 saturated carbocycles. The van der Waals surface area contributed by atoms with Gasteiger partial charge in [-0.1, -0.05) is 12.1 Å². The topological polar surface area (TPSA) is 112 Å². The van der Waals surface area contributed by atoms with Crippen molar-refractivity contribution >= 4 is 28.4 Å². The van der Waals surface area contributed by atoms with Gasteiger partial charge in [-0.05, 0) is 75.6 Å². The number of benzene rings is 2. The molecule has 0 atom stereocenters. The molecule has 2 amide bonds. The van der Waals surface area contributed by atoms with Crippen LogP contribution in [0.1, 0.15) is 47.8 Å². The van der Waals surface area contributed by atoms with Crippen LogP contribution in [0.3, 0.4) is 0 Å².